The van der Waals surface area contributed by atoms with Crippen molar-refractivity contribution < 1.29 is 11.0 Å². The van der Waals surface area contributed by atoms with Crippen LogP contribution in [0.15, 0.2) is 23.3 Å². The summed E-state index contributed by atoms with van der Waals surface area (Å²) in [6.07, 6.45) is 0. The first kappa shape index (κ1) is 10.1. The van der Waals surface area contributed by atoms with Crippen LogP contribution in [0.25, 0.3) is 10.4 Å². The fourth-order valence-corrected chi connectivity index (χ4v) is 1.11. The van der Waals surface area contributed by atoms with Crippen molar-refractivity contribution >= 4 is 11.7 Å². The molecule has 5 heteroatoms. The predicted octanol–water partition coefficient (Wildman–Crippen LogP) is 2.97. The standard InChI is InChI=1S/C9H9N3O2.H2/c1-6-7(9(13)14-2)4-3-5-8(6)11-12-10;/h3-5H,1-2H3;1H. The van der Waals surface area contributed by atoms with Gasteiger partial charge in [-0.05, 0) is 24.1 Å². The van der Waals surface area contributed by atoms with E-state index in [1.54, 1.807) is 25.1 Å². The van der Waals surface area contributed by atoms with Gasteiger partial charge in [0.1, 0.15) is 0 Å². The Hall–Kier alpha value is -2.00. The van der Waals surface area contributed by atoms with E-state index >= 15 is 0 Å². The number of hydrogen-bond acceptors (Lipinski definition) is 3. The van der Waals surface area contributed by atoms with Crippen molar-refractivity contribution in [3.05, 3.63) is 39.8 Å². The molecular formula is C9H11N3O2. The SMILES string of the molecule is COC(=O)c1cccc(N=[N+]=[N-])c1C.[HH]. The van der Waals surface area contributed by atoms with Crippen LogP contribution in [0.1, 0.15) is 17.3 Å². The van der Waals surface area contributed by atoms with E-state index in [4.69, 9.17) is 5.53 Å². The van der Waals surface area contributed by atoms with Gasteiger partial charge < -0.3 is 4.74 Å². The summed E-state index contributed by atoms with van der Waals surface area (Å²) in [6, 6.07) is 4.91. The van der Waals surface area contributed by atoms with Crippen molar-refractivity contribution in [3.8, 4) is 0 Å². The van der Waals surface area contributed by atoms with E-state index in [9.17, 15) is 4.79 Å². The van der Waals surface area contributed by atoms with E-state index in [1.807, 2.05) is 0 Å². The van der Waals surface area contributed by atoms with E-state index in [0.29, 0.717) is 16.8 Å². The zero-order valence-corrected chi connectivity index (χ0v) is 7.89. The van der Waals surface area contributed by atoms with Crippen molar-refractivity contribution in [1.29, 1.82) is 0 Å². The summed E-state index contributed by atoms with van der Waals surface area (Å²) in [4.78, 5) is 13.9. The molecule has 0 aromatic heterocycles. The fraction of sp³-hybridized carbons (Fsp3) is 0.222. The van der Waals surface area contributed by atoms with Gasteiger partial charge in [-0.3, -0.25) is 0 Å². The number of hydrogen-bond donors (Lipinski definition) is 0. The molecule has 0 fully saturated rings. The Kier molecular flexibility index (Phi) is 3.09. The number of ether oxygens (including phenoxy) is 1. The Morgan fingerprint density at radius 3 is 2.93 bits per heavy atom. The first-order chi connectivity index (χ1) is 6.70. The van der Waals surface area contributed by atoms with Crippen molar-refractivity contribution in [1.82, 2.24) is 0 Å². The third-order valence-corrected chi connectivity index (χ3v) is 1.86. The molecule has 0 radical (unpaired) electrons. The number of nitrogens with zero attached hydrogens (tertiary/aromatic N) is 3. The molecule has 0 aliphatic rings. The van der Waals surface area contributed by atoms with E-state index in [2.05, 4.69) is 14.8 Å². The van der Waals surface area contributed by atoms with Crippen LogP contribution in [0.3, 0.4) is 0 Å². The third-order valence-electron chi connectivity index (χ3n) is 1.86. The van der Waals surface area contributed by atoms with Gasteiger partial charge in [-0.1, -0.05) is 17.2 Å². The van der Waals surface area contributed by atoms with Gasteiger partial charge in [0.2, 0.25) is 0 Å². The lowest BCUT2D eigenvalue weighted by Gasteiger charge is -2.04. The van der Waals surface area contributed by atoms with Gasteiger partial charge in [-0.25, -0.2) is 4.79 Å². The van der Waals surface area contributed by atoms with Gasteiger partial charge in [0.15, 0.2) is 0 Å². The lowest BCUT2D eigenvalue weighted by molar-refractivity contribution is 0.0600. The molecule has 14 heavy (non-hydrogen) atoms. The average molecular weight is 193 g/mol. The third kappa shape index (κ3) is 1.84. The topological polar surface area (TPSA) is 75.1 Å². The molecule has 0 saturated heterocycles. The second kappa shape index (κ2) is 4.30. The molecule has 0 heterocycles. The van der Waals surface area contributed by atoms with Gasteiger partial charge in [-0.2, -0.15) is 0 Å². The number of rotatable bonds is 2. The minimum Gasteiger partial charge on any atom is -0.465 e. The number of benzene rings is 1. The maximum atomic E-state index is 11.2. The van der Waals surface area contributed by atoms with Crippen LogP contribution in [-0.4, -0.2) is 13.1 Å². The summed E-state index contributed by atoms with van der Waals surface area (Å²) in [6.45, 7) is 1.70. The van der Waals surface area contributed by atoms with Crippen LogP contribution in [0.4, 0.5) is 5.69 Å². The Bertz CT molecular complexity index is 414. The smallest absolute Gasteiger partial charge is 0.338 e. The molecule has 0 atom stereocenters. The molecule has 1 aromatic carbocycles. The Morgan fingerprint density at radius 1 is 1.64 bits per heavy atom. The van der Waals surface area contributed by atoms with Crippen molar-refractivity contribution in [2.24, 2.45) is 5.11 Å². The summed E-state index contributed by atoms with van der Waals surface area (Å²) in [7, 11) is 1.31. The molecule has 0 bridgehead atoms. The highest BCUT2D eigenvalue weighted by Crippen LogP contribution is 2.22. The molecule has 0 amide bonds. The van der Waals surface area contributed by atoms with Gasteiger partial charge in [0.25, 0.3) is 0 Å². The Balaban J connectivity index is 0.00000196. The van der Waals surface area contributed by atoms with Crippen LogP contribution >= 0.6 is 0 Å². The van der Waals surface area contributed by atoms with Gasteiger partial charge in [0, 0.05) is 12.0 Å². The minimum absolute atomic E-state index is 0. The molecule has 0 aliphatic carbocycles. The Labute approximate surface area is 82.4 Å². The maximum Gasteiger partial charge on any atom is 0.338 e. The monoisotopic (exact) mass is 193 g/mol. The van der Waals surface area contributed by atoms with Crippen LogP contribution in [0.5, 0.6) is 0 Å². The highest BCUT2D eigenvalue weighted by molar-refractivity contribution is 5.92. The van der Waals surface area contributed by atoms with Gasteiger partial charge in [0.05, 0.1) is 12.7 Å². The Morgan fingerprint density at radius 2 is 2.36 bits per heavy atom. The number of azide groups is 1. The number of carbonyl (C=O) groups is 1. The maximum absolute atomic E-state index is 11.2. The molecule has 0 aliphatic heterocycles. The molecular weight excluding hydrogens is 182 g/mol. The summed E-state index contributed by atoms with van der Waals surface area (Å²) in [5.41, 5.74) is 9.75. The normalized spacial score (nSPS) is 9.00. The summed E-state index contributed by atoms with van der Waals surface area (Å²) < 4.78 is 4.58. The van der Waals surface area contributed by atoms with Gasteiger partial charge >= 0.3 is 5.97 Å². The second-order valence-corrected chi connectivity index (χ2v) is 2.63. The van der Waals surface area contributed by atoms with Crippen LogP contribution in [-0.2, 0) is 4.74 Å². The molecule has 1 rings (SSSR count). The molecule has 0 saturated carbocycles. The predicted molar refractivity (Wildman–Crippen MR) is 53.4 cm³/mol. The first-order valence-corrected chi connectivity index (χ1v) is 3.93. The van der Waals surface area contributed by atoms with E-state index in [1.165, 1.54) is 7.11 Å². The lowest BCUT2D eigenvalue weighted by atomic mass is 10.1. The molecule has 0 unspecified atom stereocenters. The van der Waals surface area contributed by atoms with E-state index in [-0.39, 0.29) is 1.43 Å². The zero-order chi connectivity index (χ0) is 10.6. The van der Waals surface area contributed by atoms with Crippen LogP contribution in [0.2, 0.25) is 0 Å². The van der Waals surface area contributed by atoms with Gasteiger partial charge in [-0.15, -0.1) is 0 Å². The first-order valence-electron chi connectivity index (χ1n) is 3.93. The highest BCUT2D eigenvalue weighted by atomic mass is 16.5. The van der Waals surface area contributed by atoms with E-state index < -0.39 is 5.97 Å². The van der Waals surface area contributed by atoms with E-state index in [0.717, 1.165) is 0 Å². The molecule has 0 N–H and O–H groups in total. The largest absolute Gasteiger partial charge is 0.465 e. The van der Waals surface area contributed by atoms with Crippen molar-refractivity contribution in [2.45, 2.75) is 6.92 Å². The minimum atomic E-state index is -0.433. The van der Waals surface area contributed by atoms with Crippen LogP contribution < -0.4 is 0 Å². The molecule has 74 valence electrons. The average Bonchev–Trinajstić information content (AvgIpc) is 2.20. The number of esters is 1. The summed E-state index contributed by atoms with van der Waals surface area (Å²) >= 11 is 0. The van der Waals surface area contributed by atoms with Crippen molar-refractivity contribution in [3.63, 3.8) is 0 Å². The second-order valence-electron chi connectivity index (χ2n) is 2.63. The summed E-state index contributed by atoms with van der Waals surface area (Å²) in [5.74, 6) is -0.433. The quantitative estimate of drug-likeness (QED) is 0.313. The highest BCUT2D eigenvalue weighted by Gasteiger charge is 2.10. The fourth-order valence-electron chi connectivity index (χ4n) is 1.11. The molecule has 0 spiro atoms. The summed E-state index contributed by atoms with van der Waals surface area (Å²) in [5, 5.41) is 3.46. The molecule has 1 aromatic rings. The number of carbonyl (C=O) groups excluding carboxylic acids is 1. The zero-order valence-electron chi connectivity index (χ0n) is 7.89. The van der Waals surface area contributed by atoms with Crippen LogP contribution in [0, 0.1) is 6.92 Å². The molecule has 5 nitrogen and oxygen atoms in total. The lowest BCUT2D eigenvalue weighted by Crippen LogP contribution is -2.03. The number of methoxy groups -OCH3 is 1. The van der Waals surface area contributed by atoms with Crippen molar-refractivity contribution in [2.75, 3.05) is 7.11 Å².